The normalized spacial score (nSPS) is 8.17. The van der Waals surface area contributed by atoms with E-state index < -0.39 is 11.0 Å². The van der Waals surface area contributed by atoms with Crippen LogP contribution in [0.4, 0.5) is 0 Å². The van der Waals surface area contributed by atoms with Crippen LogP contribution in [0.2, 0.25) is 0 Å². The van der Waals surface area contributed by atoms with Crippen molar-refractivity contribution < 1.29 is 12.6 Å². The third-order valence-corrected chi connectivity index (χ3v) is 0.416. The third kappa shape index (κ3) is 3.42. The number of rotatable bonds is 2. The van der Waals surface area contributed by atoms with Crippen LogP contribution < -0.4 is 0 Å². The molecule has 0 heterocycles. The Hall–Kier alpha value is -0.580. The molecule has 36 valence electrons. The maximum absolute atomic E-state index is 9.26. The highest BCUT2D eigenvalue weighted by Gasteiger charge is 1.67. The zero-order chi connectivity index (χ0) is 4.99. The molecule has 0 radical (unpaired) electrons. The lowest BCUT2D eigenvalue weighted by Crippen LogP contribution is -1.79. The molecule has 0 spiro atoms. The van der Waals surface area contributed by atoms with Crippen molar-refractivity contribution in [1.82, 2.24) is 0 Å². The molecule has 0 bridgehead atoms. The molecule has 5 heteroatoms. The Bertz CT molecular complexity index is 97.4. The predicted octanol–water partition coefficient (Wildman–Crippen LogP) is -0.864. The van der Waals surface area contributed by atoms with Gasteiger partial charge in [0.05, 0.1) is 0 Å². The Balaban J connectivity index is 3.32. The molecule has 0 unspecified atom stereocenters. The average molecular weight is 109 g/mol. The Morgan fingerprint density at radius 1 is 1.67 bits per heavy atom. The summed E-state index contributed by atoms with van der Waals surface area (Å²) in [7, 11) is -2.84. The second-order valence-corrected chi connectivity index (χ2v) is 1.10. The van der Waals surface area contributed by atoms with E-state index in [2.05, 4.69) is 4.18 Å². The van der Waals surface area contributed by atoms with Gasteiger partial charge in [0.1, 0.15) is 0 Å². The first-order valence-corrected chi connectivity index (χ1v) is 2.17. The molecule has 0 aliphatic rings. The first kappa shape index (κ1) is 5.42. The zero-order valence-corrected chi connectivity index (χ0v) is 3.64. The van der Waals surface area contributed by atoms with Crippen molar-refractivity contribution in [2.24, 2.45) is 0 Å². The fourth-order valence-electron chi connectivity index (χ4n) is 0.0430. The summed E-state index contributed by atoms with van der Waals surface area (Å²) in [5.74, 6) is 0. The molecule has 0 fully saturated rings. The summed E-state index contributed by atoms with van der Waals surface area (Å²) in [5.41, 5.74) is 0. The van der Waals surface area contributed by atoms with Gasteiger partial charge in [0, 0.05) is 0 Å². The van der Waals surface area contributed by atoms with Gasteiger partial charge >= 0.3 is 0 Å². The molecule has 0 aromatic carbocycles. The van der Waals surface area contributed by atoms with Gasteiger partial charge in [-0.05, 0) is 0 Å². The van der Waals surface area contributed by atoms with Crippen molar-refractivity contribution in [3.63, 3.8) is 0 Å². The van der Waals surface area contributed by atoms with Crippen molar-refractivity contribution in [2.45, 2.75) is 0 Å². The molecule has 0 aliphatic carbocycles. The molecule has 0 atom stereocenters. The number of thiol groups is 1. The van der Waals surface area contributed by atoms with E-state index in [0.717, 1.165) is 0 Å². The van der Waals surface area contributed by atoms with E-state index in [4.69, 9.17) is 5.41 Å². The Kier molecular flexibility index (Phi) is 2.39. The second kappa shape index (κ2) is 2.65. The van der Waals surface area contributed by atoms with Gasteiger partial charge in [-0.25, -0.2) is 0 Å². The van der Waals surface area contributed by atoms with Gasteiger partial charge in [0.2, 0.25) is 0 Å². The van der Waals surface area contributed by atoms with Gasteiger partial charge in [-0.2, -0.15) is 8.42 Å². The van der Waals surface area contributed by atoms with E-state index in [0.29, 0.717) is 6.40 Å². The summed E-state index contributed by atoms with van der Waals surface area (Å²) in [6, 6.07) is 0. The minimum atomic E-state index is -2.84. The third-order valence-electron chi connectivity index (χ3n) is 0.139. The molecule has 0 amide bonds. The topological polar surface area (TPSA) is 67.2 Å². The second-order valence-electron chi connectivity index (χ2n) is 0.447. The molecular weight excluding hydrogens is 106 g/mol. The van der Waals surface area contributed by atoms with Crippen LogP contribution in [0, 0.1) is 5.41 Å². The average Bonchev–Trinajstić information content (AvgIpc) is 1.35. The molecular formula is CH3NO3S. The van der Waals surface area contributed by atoms with Crippen molar-refractivity contribution in [3.05, 3.63) is 0 Å². The lowest BCUT2D eigenvalue weighted by molar-refractivity contribution is 0.516. The molecule has 0 saturated carbocycles. The van der Waals surface area contributed by atoms with E-state index in [1.54, 1.807) is 0 Å². The van der Waals surface area contributed by atoms with Gasteiger partial charge in [-0.3, -0.25) is 5.41 Å². The van der Waals surface area contributed by atoms with Crippen LogP contribution >= 0.6 is 0 Å². The predicted molar refractivity (Wildman–Crippen MR) is 20.2 cm³/mol. The van der Waals surface area contributed by atoms with Crippen molar-refractivity contribution in [1.29, 1.82) is 5.41 Å². The van der Waals surface area contributed by atoms with E-state index in [9.17, 15) is 8.42 Å². The van der Waals surface area contributed by atoms with Gasteiger partial charge in [0.15, 0.2) is 6.40 Å². The van der Waals surface area contributed by atoms with Crippen LogP contribution in [0.5, 0.6) is 0 Å². The highest BCUT2D eigenvalue weighted by molar-refractivity contribution is 7.67. The van der Waals surface area contributed by atoms with E-state index in [1.807, 2.05) is 0 Å². The van der Waals surface area contributed by atoms with Gasteiger partial charge in [-0.15, -0.1) is 0 Å². The van der Waals surface area contributed by atoms with Gasteiger partial charge in [-0.1, -0.05) is 0 Å². The summed E-state index contributed by atoms with van der Waals surface area (Å²) >= 11 is 0. The van der Waals surface area contributed by atoms with Crippen LogP contribution in [0.1, 0.15) is 0 Å². The molecule has 0 rings (SSSR count). The van der Waals surface area contributed by atoms with E-state index in [-0.39, 0.29) is 0 Å². The largest absolute Gasteiger partial charge is 0.372 e. The fourth-order valence-corrected chi connectivity index (χ4v) is 0.129. The summed E-state index contributed by atoms with van der Waals surface area (Å²) in [4.78, 5) is 0. The summed E-state index contributed by atoms with van der Waals surface area (Å²) in [6.07, 6.45) is 0.353. The summed E-state index contributed by atoms with van der Waals surface area (Å²) in [6.45, 7) is 0. The van der Waals surface area contributed by atoms with Crippen molar-refractivity contribution in [3.8, 4) is 0 Å². The monoisotopic (exact) mass is 109 g/mol. The highest BCUT2D eigenvalue weighted by atomic mass is 32.2. The number of nitrogens with one attached hydrogen (secondary N) is 1. The van der Waals surface area contributed by atoms with Crippen LogP contribution in [0.15, 0.2) is 0 Å². The quantitative estimate of drug-likeness (QED) is 0.275. The minimum absolute atomic E-state index is 0.353. The molecule has 6 heavy (non-hydrogen) atoms. The first-order chi connectivity index (χ1) is 2.77. The standard InChI is InChI=1S/CH3NO3S/c2-1-5-6(3)4/h1-2,6H. The molecule has 4 nitrogen and oxygen atoms in total. The van der Waals surface area contributed by atoms with Crippen molar-refractivity contribution in [2.75, 3.05) is 0 Å². The smallest absolute Gasteiger partial charge is 0.300 e. The molecule has 0 aliphatic heterocycles. The zero-order valence-electron chi connectivity index (χ0n) is 2.75. The van der Waals surface area contributed by atoms with Gasteiger partial charge < -0.3 is 4.18 Å². The van der Waals surface area contributed by atoms with Crippen molar-refractivity contribution >= 4 is 17.4 Å². The fraction of sp³-hybridized carbons (Fsp3) is 0. The summed E-state index contributed by atoms with van der Waals surface area (Å²) < 4.78 is 22.1. The van der Waals surface area contributed by atoms with Crippen LogP contribution in [0.25, 0.3) is 0 Å². The van der Waals surface area contributed by atoms with Crippen LogP contribution in [-0.2, 0) is 15.2 Å². The Morgan fingerprint density at radius 2 is 2.17 bits per heavy atom. The first-order valence-electron chi connectivity index (χ1n) is 1.07. The lowest BCUT2D eigenvalue weighted by atomic mass is 11.6. The van der Waals surface area contributed by atoms with Crippen LogP contribution in [-0.4, -0.2) is 14.8 Å². The molecule has 0 aromatic rings. The maximum atomic E-state index is 9.26. The maximum Gasteiger partial charge on any atom is 0.300 e. The van der Waals surface area contributed by atoms with Gasteiger partial charge in [0.25, 0.3) is 11.0 Å². The summed E-state index contributed by atoms with van der Waals surface area (Å²) in [5, 5.41) is 6.00. The molecule has 1 N–H and O–H groups in total. The Morgan fingerprint density at radius 3 is 2.17 bits per heavy atom. The molecule has 0 aromatic heterocycles. The minimum Gasteiger partial charge on any atom is -0.372 e. The number of hydrogen-bond acceptors (Lipinski definition) is 4. The Labute approximate surface area is 36.4 Å². The van der Waals surface area contributed by atoms with Crippen LogP contribution in [0.3, 0.4) is 0 Å². The SMILES string of the molecule is N=CO[SH](=O)=O. The highest BCUT2D eigenvalue weighted by Crippen LogP contribution is 1.56. The van der Waals surface area contributed by atoms with E-state index in [1.165, 1.54) is 0 Å². The van der Waals surface area contributed by atoms with E-state index >= 15 is 0 Å². The number of hydrogen-bond donors (Lipinski definition) is 2. The lowest BCUT2D eigenvalue weighted by Gasteiger charge is -1.73. The molecule has 0 saturated heterocycles.